The summed E-state index contributed by atoms with van der Waals surface area (Å²) in [5.74, 6) is 1.17. The molecule has 0 unspecified atom stereocenters. The Hall–Kier alpha value is -2.47. The number of phenolic OH excluding ortho intramolecular Hbond substituents is 1. The van der Waals surface area contributed by atoms with Gasteiger partial charge in [0.25, 0.3) is 0 Å². The van der Waals surface area contributed by atoms with Crippen LogP contribution in [0.25, 0.3) is 11.0 Å². The molecular weight excluding hydrogens is 424 g/mol. The van der Waals surface area contributed by atoms with Gasteiger partial charge in [-0.3, -0.25) is 0 Å². The third kappa shape index (κ3) is 2.33. The Morgan fingerprint density at radius 2 is 2.00 bits per heavy atom. The van der Waals surface area contributed by atoms with Gasteiger partial charge in [-0.1, -0.05) is 22.0 Å². The maximum atomic E-state index is 13.1. The van der Waals surface area contributed by atoms with E-state index >= 15 is 0 Å². The van der Waals surface area contributed by atoms with Crippen LogP contribution in [0.5, 0.6) is 17.2 Å². The minimum atomic E-state index is -0.547. The second kappa shape index (κ2) is 5.77. The molecule has 0 saturated heterocycles. The third-order valence-electron chi connectivity index (χ3n) is 5.98. The van der Waals surface area contributed by atoms with E-state index in [4.69, 9.17) is 13.9 Å². The topological polar surface area (TPSA) is 68.9 Å². The Balaban J connectivity index is 1.87. The number of aryl methyl sites for hydroxylation is 1. The first-order valence-corrected chi connectivity index (χ1v) is 9.98. The first kappa shape index (κ1) is 17.6. The van der Waals surface area contributed by atoms with Gasteiger partial charge in [0.1, 0.15) is 28.4 Å². The highest BCUT2D eigenvalue weighted by Gasteiger charge is 2.50. The van der Waals surface area contributed by atoms with Gasteiger partial charge in [-0.25, -0.2) is 4.79 Å². The molecule has 0 fully saturated rings. The number of fused-ring (bicyclic) bond motifs is 7. The number of phenols is 1. The molecule has 5 nitrogen and oxygen atoms in total. The molecule has 0 radical (unpaired) electrons. The van der Waals surface area contributed by atoms with Crippen molar-refractivity contribution < 1.29 is 19.0 Å². The number of rotatable bonds is 0. The Kier molecular flexibility index (Phi) is 3.63. The maximum Gasteiger partial charge on any atom is 0.343 e. The lowest BCUT2D eigenvalue weighted by atomic mass is 9.70. The van der Waals surface area contributed by atoms with Crippen LogP contribution in [0.2, 0.25) is 0 Å². The van der Waals surface area contributed by atoms with Gasteiger partial charge >= 0.3 is 5.63 Å². The molecule has 3 heterocycles. The van der Waals surface area contributed by atoms with Crippen molar-refractivity contribution >= 4 is 26.9 Å². The average Bonchev–Trinajstić information content (AvgIpc) is 2.64. The number of benzene rings is 2. The van der Waals surface area contributed by atoms with Crippen molar-refractivity contribution in [2.24, 2.45) is 5.92 Å². The molecule has 0 bridgehead atoms. The second-order valence-corrected chi connectivity index (χ2v) is 8.92. The number of hydrogen-bond acceptors (Lipinski definition) is 5. The van der Waals surface area contributed by atoms with Crippen LogP contribution in [0, 0.1) is 12.8 Å². The number of hydrogen-bond donors (Lipinski definition) is 1. The zero-order valence-electron chi connectivity index (χ0n) is 15.7. The molecule has 2 aliphatic rings. The lowest BCUT2D eigenvalue weighted by Gasteiger charge is -2.47. The van der Waals surface area contributed by atoms with E-state index in [0.29, 0.717) is 34.5 Å². The Bertz CT molecular complexity index is 1190. The zero-order chi connectivity index (χ0) is 19.8. The largest absolute Gasteiger partial charge is 0.508 e. The SMILES string of the molecule is Cc1c(O)ccc2c3c(c(=O)oc12)[C@@H]1c2ccc(Br)cc2OC[C@@H]1C(C)(C)O3. The highest BCUT2D eigenvalue weighted by molar-refractivity contribution is 9.10. The van der Waals surface area contributed by atoms with Gasteiger partial charge in [0, 0.05) is 27.4 Å². The van der Waals surface area contributed by atoms with Crippen molar-refractivity contribution in [3.8, 4) is 17.2 Å². The summed E-state index contributed by atoms with van der Waals surface area (Å²) in [6, 6.07) is 9.23. The molecule has 0 saturated carbocycles. The fraction of sp³-hybridized carbons (Fsp3) is 0.318. The summed E-state index contributed by atoms with van der Waals surface area (Å²) in [4.78, 5) is 13.1. The summed E-state index contributed by atoms with van der Waals surface area (Å²) < 4.78 is 19.0. The minimum Gasteiger partial charge on any atom is -0.508 e. The van der Waals surface area contributed by atoms with Crippen molar-refractivity contribution in [2.45, 2.75) is 32.3 Å². The van der Waals surface area contributed by atoms with Crippen LogP contribution < -0.4 is 15.1 Å². The normalized spacial score (nSPS) is 21.9. The predicted octanol–water partition coefficient (Wildman–Crippen LogP) is 4.88. The molecule has 1 aromatic heterocycles. The van der Waals surface area contributed by atoms with E-state index in [1.54, 1.807) is 19.1 Å². The molecule has 6 heteroatoms. The van der Waals surface area contributed by atoms with E-state index in [1.807, 2.05) is 32.0 Å². The van der Waals surface area contributed by atoms with Crippen LogP contribution in [-0.4, -0.2) is 17.3 Å². The lowest BCUT2D eigenvalue weighted by molar-refractivity contribution is -0.0137. The third-order valence-corrected chi connectivity index (χ3v) is 6.47. The molecular formula is C22H19BrO5. The number of aromatic hydroxyl groups is 1. The lowest BCUT2D eigenvalue weighted by Crippen LogP contribution is -2.50. The molecule has 0 aliphatic carbocycles. The van der Waals surface area contributed by atoms with E-state index < -0.39 is 11.2 Å². The Morgan fingerprint density at radius 3 is 2.79 bits per heavy atom. The van der Waals surface area contributed by atoms with Crippen molar-refractivity contribution in [1.82, 2.24) is 0 Å². The van der Waals surface area contributed by atoms with Crippen molar-refractivity contribution in [1.29, 1.82) is 0 Å². The van der Waals surface area contributed by atoms with E-state index in [9.17, 15) is 9.90 Å². The number of ether oxygens (including phenoxy) is 2. The summed E-state index contributed by atoms with van der Waals surface area (Å²) in [6.07, 6.45) is 0. The predicted molar refractivity (Wildman–Crippen MR) is 109 cm³/mol. The van der Waals surface area contributed by atoms with Gasteiger partial charge in [-0.15, -0.1) is 0 Å². The summed E-state index contributed by atoms with van der Waals surface area (Å²) >= 11 is 3.49. The van der Waals surface area contributed by atoms with Crippen molar-refractivity contribution in [2.75, 3.05) is 6.61 Å². The van der Waals surface area contributed by atoms with Gasteiger partial charge in [0.15, 0.2) is 0 Å². The summed E-state index contributed by atoms with van der Waals surface area (Å²) in [7, 11) is 0. The van der Waals surface area contributed by atoms with Crippen molar-refractivity contribution in [3.63, 3.8) is 0 Å². The molecule has 3 aromatic rings. The van der Waals surface area contributed by atoms with E-state index in [1.165, 1.54) is 0 Å². The Morgan fingerprint density at radius 1 is 1.21 bits per heavy atom. The highest BCUT2D eigenvalue weighted by Crippen LogP contribution is 2.53. The second-order valence-electron chi connectivity index (χ2n) is 8.00. The molecule has 0 spiro atoms. The molecule has 5 rings (SSSR count). The van der Waals surface area contributed by atoms with Gasteiger partial charge < -0.3 is 19.0 Å². The summed E-state index contributed by atoms with van der Waals surface area (Å²) in [5.41, 5.74) is 1.39. The van der Waals surface area contributed by atoms with E-state index in [2.05, 4.69) is 15.9 Å². The van der Waals surface area contributed by atoms with Crippen molar-refractivity contribution in [3.05, 3.63) is 61.9 Å². The Labute approximate surface area is 170 Å². The van der Waals surface area contributed by atoms with Crippen LogP contribution in [-0.2, 0) is 0 Å². The van der Waals surface area contributed by atoms with Gasteiger partial charge in [-0.2, -0.15) is 0 Å². The number of halogens is 1. The van der Waals surface area contributed by atoms with Gasteiger partial charge in [-0.05, 0) is 45.0 Å². The minimum absolute atomic E-state index is 0.0350. The molecule has 2 aromatic carbocycles. The van der Waals surface area contributed by atoms with Gasteiger partial charge in [0.2, 0.25) is 0 Å². The summed E-state index contributed by atoms with van der Waals surface area (Å²) in [6.45, 7) is 6.22. The fourth-order valence-corrected chi connectivity index (χ4v) is 4.78. The molecule has 0 amide bonds. The zero-order valence-corrected chi connectivity index (χ0v) is 17.3. The first-order valence-electron chi connectivity index (χ1n) is 9.18. The van der Waals surface area contributed by atoms with Crippen LogP contribution in [0.3, 0.4) is 0 Å². The quantitative estimate of drug-likeness (QED) is 0.502. The standard InChI is InChI=1S/C22H19BrO5/c1-10-15(24)7-6-13-19(10)27-21(25)18-17-12-5-4-11(23)8-16(12)26-9-14(17)22(2,3)28-20(13)18/h4-8,14,17,24H,9H2,1-3H3/t14-,17+/m0/s1. The van der Waals surface area contributed by atoms with Crippen LogP contribution >= 0.6 is 15.9 Å². The maximum absolute atomic E-state index is 13.1. The van der Waals surface area contributed by atoms with Gasteiger partial charge in [0.05, 0.1) is 17.6 Å². The molecule has 28 heavy (non-hydrogen) atoms. The smallest absolute Gasteiger partial charge is 0.343 e. The highest BCUT2D eigenvalue weighted by atomic mass is 79.9. The summed E-state index contributed by atoms with van der Waals surface area (Å²) in [5, 5.41) is 10.7. The van der Waals surface area contributed by atoms with E-state index in [0.717, 1.165) is 15.8 Å². The van der Waals surface area contributed by atoms with Crippen LogP contribution in [0.15, 0.2) is 44.0 Å². The first-order chi connectivity index (χ1) is 13.3. The molecule has 2 aliphatic heterocycles. The van der Waals surface area contributed by atoms with Crippen LogP contribution in [0.1, 0.15) is 36.5 Å². The molecule has 1 N–H and O–H groups in total. The molecule has 144 valence electrons. The van der Waals surface area contributed by atoms with E-state index in [-0.39, 0.29) is 17.6 Å². The average molecular weight is 443 g/mol. The molecule has 2 atom stereocenters. The van der Waals surface area contributed by atoms with Crippen LogP contribution in [0.4, 0.5) is 0 Å². The fourth-order valence-electron chi connectivity index (χ4n) is 4.44. The monoisotopic (exact) mass is 442 g/mol.